The van der Waals surface area contributed by atoms with E-state index in [0.717, 1.165) is 36.5 Å². The van der Waals surface area contributed by atoms with Crippen LogP contribution in [0.1, 0.15) is 34.4 Å². The van der Waals surface area contributed by atoms with Crippen LogP contribution in [0.2, 0.25) is 0 Å². The normalized spacial score (nSPS) is 14.1. The zero-order valence-corrected chi connectivity index (χ0v) is 15.6. The lowest BCUT2D eigenvalue weighted by molar-refractivity contribution is 0.0516. The summed E-state index contributed by atoms with van der Waals surface area (Å²) in [6, 6.07) is 8.15. The monoisotopic (exact) mass is 365 g/mol. The number of carbonyl (C=O) groups is 1. The Labute approximate surface area is 158 Å². The number of fused-ring (bicyclic) bond motifs is 1. The predicted octanol–water partition coefficient (Wildman–Crippen LogP) is 2.34. The van der Waals surface area contributed by atoms with E-state index in [0.29, 0.717) is 18.8 Å². The summed E-state index contributed by atoms with van der Waals surface area (Å²) >= 11 is 0. The first-order valence-corrected chi connectivity index (χ1v) is 9.18. The van der Waals surface area contributed by atoms with Crippen molar-refractivity contribution in [1.29, 1.82) is 0 Å². The van der Waals surface area contributed by atoms with Crippen LogP contribution in [0.15, 0.2) is 42.9 Å². The molecule has 3 aromatic heterocycles. The maximum Gasteiger partial charge on any atom is 0.359 e. The van der Waals surface area contributed by atoms with Crippen LogP contribution in [0.3, 0.4) is 0 Å². The maximum absolute atomic E-state index is 12.3. The van der Waals surface area contributed by atoms with Crippen molar-refractivity contribution < 1.29 is 9.53 Å². The van der Waals surface area contributed by atoms with Gasteiger partial charge in [0.1, 0.15) is 0 Å². The fourth-order valence-corrected chi connectivity index (χ4v) is 3.67. The van der Waals surface area contributed by atoms with Crippen LogP contribution < -0.4 is 0 Å². The Balaban J connectivity index is 1.56. The molecule has 7 heteroatoms. The summed E-state index contributed by atoms with van der Waals surface area (Å²) in [5.74, 6) is -0.338. The van der Waals surface area contributed by atoms with Crippen molar-refractivity contribution in [3.63, 3.8) is 0 Å². The number of pyridine rings is 1. The molecule has 140 valence electrons. The Morgan fingerprint density at radius 2 is 2.19 bits per heavy atom. The molecule has 27 heavy (non-hydrogen) atoms. The number of nitrogens with zero attached hydrogens (tertiary/aromatic N) is 5. The van der Waals surface area contributed by atoms with Gasteiger partial charge in [0.15, 0.2) is 5.69 Å². The van der Waals surface area contributed by atoms with E-state index in [9.17, 15) is 4.79 Å². The van der Waals surface area contributed by atoms with E-state index in [2.05, 4.69) is 31.8 Å². The second-order valence-electron chi connectivity index (χ2n) is 6.66. The molecule has 0 amide bonds. The van der Waals surface area contributed by atoms with Crippen LogP contribution in [0, 0.1) is 0 Å². The highest BCUT2D eigenvalue weighted by atomic mass is 16.5. The van der Waals surface area contributed by atoms with Crippen molar-refractivity contribution in [3.8, 4) is 5.69 Å². The van der Waals surface area contributed by atoms with Crippen LogP contribution in [-0.4, -0.2) is 43.4 Å². The van der Waals surface area contributed by atoms with Gasteiger partial charge in [0.05, 0.1) is 18.5 Å². The predicted molar refractivity (Wildman–Crippen MR) is 101 cm³/mol. The average molecular weight is 365 g/mol. The molecule has 7 nitrogen and oxygen atoms in total. The Kier molecular flexibility index (Phi) is 4.77. The third-order valence-electron chi connectivity index (χ3n) is 4.93. The van der Waals surface area contributed by atoms with Gasteiger partial charge in [0.2, 0.25) is 0 Å². The van der Waals surface area contributed by atoms with Gasteiger partial charge in [-0.1, -0.05) is 0 Å². The number of aromatic nitrogens is 4. The van der Waals surface area contributed by atoms with Gasteiger partial charge in [-0.25, -0.2) is 4.79 Å². The molecule has 0 saturated heterocycles. The Hall–Kier alpha value is -2.93. The van der Waals surface area contributed by atoms with Crippen molar-refractivity contribution in [1.82, 2.24) is 24.2 Å². The van der Waals surface area contributed by atoms with Crippen LogP contribution in [0.25, 0.3) is 5.69 Å². The van der Waals surface area contributed by atoms with E-state index in [-0.39, 0.29) is 5.97 Å². The molecule has 4 heterocycles. The first-order valence-electron chi connectivity index (χ1n) is 9.18. The lowest BCUT2D eigenvalue weighted by atomic mass is 10.0. The lowest BCUT2D eigenvalue weighted by Gasteiger charge is -2.27. The van der Waals surface area contributed by atoms with Gasteiger partial charge in [0.25, 0.3) is 0 Å². The largest absolute Gasteiger partial charge is 0.461 e. The molecule has 4 rings (SSSR count). The molecule has 0 fully saturated rings. The number of hydrogen-bond acceptors (Lipinski definition) is 5. The number of hydrogen-bond donors (Lipinski definition) is 0. The lowest BCUT2D eigenvalue weighted by Crippen LogP contribution is -2.31. The minimum Gasteiger partial charge on any atom is -0.461 e. The summed E-state index contributed by atoms with van der Waals surface area (Å²) in [5.41, 5.74) is 4.79. The molecule has 0 aliphatic carbocycles. The third-order valence-corrected chi connectivity index (χ3v) is 4.93. The summed E-state index contributed by atoms with van der Waals surface area (Å²) in [6.07, 6.45) is 6.55. The number of ether oxygens (including phenoxy) is 1. The SMILES string of the molecule is CCOC(=O)c1nn(C)c2c1CN(Cc1cccn1-c1cccnc1)CC2. The molecule has 0 N–H and O–H groups in total. The summed E-state index contributed by atoms with van der Waals surface area (Å²) in [4.78, 5) is 18.8. The highest BCUT2D eigenvalue weighted by Gasteiger charge is 2.28. The molecule has 0 atom stereocenters. The highest BCUT2D eigenvalue weighted by molar-refractivity contribution is 5.89. The minimum atomic E-state index is -0.338. The summed E-state index contributed by atoms with van der Waals surface area (Å²) in [6.45, 7) is 4.57. The molecule has 0 unspecified atom stereocenters. The third kappa shape index (κ3) is 3.38. The van der Waals surface area contributed by atoms with Gasteiger partial charge >= 0.3 is 5.97 Å². The molecular weight excluding hydrogens is 342 g/mol. The van der Waals surface area contributed by atoms with E-state index in [4.69, 9.17) is 4.74 Å². The van der Waals surface area contributed by atoms with Crippen molar-refractivity contribution in [3.05, 3.63) is 65.5 Å². The van der Waals surface area contributed by atoms with E-state index in [1.807, 2.05) is 43.0 Å². The van der Waals surface area contributed by atoms with Gasteiger partial charge in [-0.2, -0.15) is 5.10 Å². The Morgan fingerprint density at radius 3 is 2.96 bits per heavy atom. The first-order chi connectivity index (χ1) is 13.2. The Bertz CT molecular complexity index is 945. The summed E-state index contributed by atoms with van der Waals surface area (Å²) < 4.78 is 9.15. The number of rotatable bonds is 5. The maximum atomic E-state index is 12.3. The number of aryl methyl sites for hydroxylation is 1. The Morgan fingerprint density at radius 1 is 1.30 bits per heavy atom. The van der Waals surface area contributed by atoms with Crippen molar-refractivity contribution in [2.75, 3.05) is 13.2 Å². The fourth-order valence-electron chi connectivity index (χ4n) is 3.67. The van der Waals surface area contributed by atoms with Gasteiger partial charge < -0.3 is 9.30 Å². The topological polar surface area (TPSA) is 65.2 Å². The highest BCUT2D eigenvalue weighted by Crippen LogP contribution is 2.24. The molecule has 1 aliphatic heterocycles. The van der Waals surface area contributed by atoms with Crippen LogP contribution in [-0.2, 0) is 31.3 Å². The first kappa shape index (κ1) is 17.5. The van der Waals surface area contributed by atoms with Gasteiger partial charge in [0, 0.05) is 62.4 Å². The van der Waals surface area contributed by atoms with Crippen molar-refractivity contribution >= 4 is 5.97 Å². The molecular formula is C20H23N5O2. The van der Waals surface area contributed by atoms with Crippen molar-refractivity contribution in [2.24, 2.45) is 7.05 Å². The minimum absolute atomic E-state index is 0.338. The fraction of sp³-hybridized carbons (Fsp3) is 0.350. The summed E-state index contributed by atoms with van der Waals surface area (Å²) in [7, 11) is 1.89. The summed E-state index contributed by atoms with van der Waals surface area (Å²) in [5, 5.41) is 4.41. The van der Waals surface area contributed by atoms with Crippen molar-refractivity contribution in [2.45, 2.75) is 26.4 Å². The quantitative estimate of drug-likeness (QED) is 0.650. The van der Waals surface area contributed by atoms with E-state index in [1.165, 1.54) is 5.69 Å². The van der Waals surface area contributed by atoms with Crippen LogP contribution in [0.4, 0.5) is 0 Å². The molecule has 0 bridgehead atoms. The number of esters is 1. The second-order valence-corrected chi connectivity index (χ2v) is 6.66. The zero-order chi connectivity index (χ0) is 18.8. The average Bonchev–Trinajstić information content (AvgIpc) is 3.27. The zero-order valence-electron chi connectivity index (χ0n) is 15.6. The van der Waals surface area contributed by atoms with Crippen LogP contribution in [0.5, 0.6) is 0 Å². The molecule has 1 aliphatic rings. The van der Waals surface area contributed by atoms with E-state index >= 15 is 0 Å². The van der Waals surface area contributed by atoms with E-state index < -0.39 is 0 Å². The smallest absolute Gasteiger partial charge is 0.359 e. The van der Waals surface area contributed by atoms with Crippen LogP contribution >= 0.6 is 0 Å². The van der Waals surface area contributed by atoms with E-state index in [1.54, 1.807) is 6.20 Å². The number of carbonyl (C=O) groups excluding carboxylic acids is 1. The molecule has 0 saturated carbocycles. The van der Waals surface area contributed by atoms with Gasteiger partial charge in [-0.15, -0.1) is 0 Å². The van der Waals surface area contributed by atoms with Gasteiger partial charge in [-0.05, 0) is 31.2 Å². The second kappa shape index (κ2) is 7.36. The molecule has 0 aromatic carbocycles. The standard InChI is InChI=1S/C20H23N5O2/c1-3-27-20(26)19-17-14-24(11-8-18(17)23(2)22-19)13-16-7-5-10-25(16)15-6-4-9-21-12-15/h4-7,9-10,12H,3,8,11,13-14H2,1-2H3. The molecule has 3 aromatic rings. The molecule has 0 spiro atoms. The van der Waals surface area contributed by atoms with Gasteiger partial charge in [-0.3, -0.25) is 14.6 Å². The molecule has 0 radical (unpaired) electrons.